The first-order chi connectivity index (χ1) is 10.2. The average Bonchev–Trinajstić information content (AvgIpc) is 3.02. The van der Waals surface area contributed by atoms with E-state index in [-0.39, 0.29) is 6.03 Å². The van der Waals surface area contributed by atoms with Crippen LogP contribution in [0.1, 0.15) is 18.1 Å². The summed E-state index contributed by atoms with van der Waals surface area (Å²) in [6, 6.07) is 8.66. The normalized spacial score (nSPS) is 11.7. The summed E-state index contributed by atoms with van der Waals surface area (Å²) >= 11 is 1.54. The molecule has 0 aliphatic carbocycles. The maximum atomic E-state index is 11.7. The van der Waals surface area contributed by atoms with Crippen LogP contribution in [0.3, 0.4) is 0 Å². The van der Waals surface area contributed by atoms with Crippen molar-refractivity contribution in [3.8, 4) is 5.75 Å². The number of hydrogen-bond acceptors (Lipinski definition) is 4. The standard InChI is InChI=1S/C15H18N2O3S/c1-20-13-4-2-12(3-5-13)17-15(19)16-8-6-14(18)11-7-9-21-10-11/h2-5,7,9-10,14,18H,6,8H2,1H3,(H2,16,17,19). The molecule has 2 amide bonds. The van der Waals surface area contributed by atoms with E-state index in [4.69, 9.17) is 4.74 Å². The molecule has 1 aromatic carbocycles. The van der Waals surface area contributed by atoms with Gasteiger partial charge in [-0.3, -0.25) is 0 Å². The minimum absolute atomic E-state index is 0.294. The summed E-state index contributed by atoms with van der Waals surface area (Å²) in [5.41, 5.74) is 1.57. The highest BCUT2D eigenvalue weighted by Gasteiger charge is 2.08. The molecule has 1 aromatic heterocycles. The van der Waals surface area contributed by atoms with Gasteiger partial charge in [0.2, 0.25) is 0 Å². The monoisotopic (exact) mass is 306 g/mol. The molecule has 0 aliphatic rings. The van der Waals surface area contributed by atoms with Crippen molar-refractivity contribution in [1.29, 1.82) is 0 Å². The van der Waals surface area contributed by atoms with Crippen molar-refractivity contribution in [2.45, 2.75) is 12.5 Å². The van der Waals surface area contributed by atoms with Crippen molar-refractivity contribution in [3.63, 3.8) is 0 Å². The minimum Gasteiger partial charge on any atom is -0.497 e. The highest BCUT2D eigenvalue weighted by Crippen LogP contribution is 2.18. The van der Waals surface area contributed by atoms with E-state index < -0.39 is 6.10 Å². The summed E-state index contributed by atoms with van der Waals surface area (Å²) in [4.78, 5) is 11.7. The lowest BCUT2D eigenvalue weighted by atomic mass is 10.1. The van der Waals surface area contributed by atoms with E-state index in [9.17, 15) is 9.90 Å². The van der Waals surface area contributed by atoms with E-state index in [0.717, 1.165) is 11.3 Å². The Morgan fingerprint density at radius 1 is 1.33 bits per heavy atom. The van der Waals surface area contributed by atoms with Crippen molar-refractivity contribution < 1.29 is 14.6 Å². The van der Waals surface area contributed by atoms with Gasteiger partial charge in [0, 0.05) is 12.2 Å². The predicted molar refractivity (Wildman–Crippen MR) is 83.9 cm³/mol. The maximum absolute atomic E-state index is 11.7. The molecule has 0 aliphatic heterocycles. The molecular formula is C15H18N2O3S. The maximum Gasteiger partial charge on any atom is 0.319 e. The molecule has 112 valence electrons. The number of nitrogens with one attached hydrogen (secondary N) is 2. The second-order valence-corrected chi connectivity index (χ2v) is 5.25. The molecule has 1 heterocycles. The summed E-state index contributed by atoms with van der Waals surface area (Å²) in [5.74, 6) is 0.736. The van der Waals surface area contributed by atoms with Crippen LogP contribution in [-0.2, 0) is 0 Å². The Bertz CT molecular complexity index is 555. The first kappa shape index (κ1) is 15.3. The van der Waals surface area contributed by atoms with Gasteiger partial charge in [-0.25, -0.2) is 4.79 Å². The second-order valence-electron chi connectivity index (χ2n) is 4.47. The average molecular weight is 306 g/mol. The van der Waals surface area contributed by atoms with Crippen molar-refractivity contribution in [2.24, 2.45) is 0 Å². The SMILES string of the molecule is COc1ccc(NC(=O)NCCC(O)c2ccsc2)cc1. The Balaban J connectivity index is 1.72. The van der Waals surface area contributed by atoms with E-state index >= 15 is 0 Å². The van der Waals surface area contributed by atoms with Gasteiger partial charge in [0.1, 0.15) is 5.75 Å². The van der Waals surface area contributed by atoms with Crippen LogP contribution in [-0.4, -0.2) is 24.8 Å². The molecule has 3 N–H and O–H groups in total. The third-order valence-electron chi connectivity index (χ3n) is 2.98. The third-order valence-corrected chi connectivity index (χ3v) is 3.68. The summed E-state index contributed by atoms with van der Waals surface area (Å²) in [6.45, 7) is 0.402. The number of aliphatic hydroxyl groups excluding tert-OH is 1. The number of aliphatic hydroxyl groups is 1. The summed E-state index contributed by atoms with van der Waals surface area (Å²) < 4.78 is 5.05. The minimum atomic E-state index is -0.544. The van der Waals surface area contributed by atoms with Crippen molar-refractivity contribution in [1.82, 2.24) is 5.32 Å². The number of benzene rings is 1. The molecule has 5 nitrogen and oxygen atoms in total. The predicted octanol–water partition coefficient (Wildman–Crippen LogP) is 3.00. The number of hydrogen-bond donors (Lipinski definition) is 3. The Morgan fingerprint density at radius 2 is 2.10 bits per heavy atom. The molecule has 1 atom stereocenters. The Morgan fingerprint density at radius 3 is 2.71 bits per heavy atom. The smallest absolute Gasteiger partial charge is 0.319 e. The van der Waals surface area contributed by atoms with E-state index in [1.54, 1.807) is 42.7 Å². The van der Waals surface area contributed by atoms with E-state index in [1.165, 1.54) is 0 Å². The summed E-state index contributed by atoms with van der Waals surface area (Å²) in [5, 5.41) is 19.1. The Kier molecular flexibility index (Phi) is 5.59. The first-order valence-corrected chi connectivity index (χ1v) is 7.52. The number of amides is 2. The molecule has 2 aromatic rings. The highest BCUT2D eigenvalue weighted by atomic mass is 32.1. The lowest BCUT2D eigenvalue weighted by Crippen LogP contribution is -2.30. The number of rotatable bonds is 6. The quantitative estimate of drug-likeness (QED) is 0.768. The summed E-state index contributed by atoms with van der Waals surface area (Å²) in [7, 11) is 1.59. The molecule has 21 heavy (non-hydrogen) atoms. The number of ether oxygens (including phenoxy) is 1. The van der Waals surface area contributed by atoms with Gasteiger partial charge in [0.05, 0.1) is 13.2 Å². The van der Waals surface area contributed by atoms with Crippen LogP contribution < -0.4 is 15.4 Å². The Hall–Kier alpha value is -2.05. The zero-order valence-corrected chi connectivity index (χ0v) is 12.5. The fourth-order valence-electron chi connectivity index (χ4n) is 1.80. The lowest BCUT2D eigenvalue weighted by Gasteiger charge is -2.11. The number of methoxy groups -OCH3 is 1. The molecule has 0 saturated carbocycles. The molecule has 0 fully saturated rings. The molecule has 0 spiro atoms. The third kappa shape index (κ3) is 4.77. The Labute approximate surface area is 127 Å². The van der Waals surface area contributed by atoms with Crippen LogP contribution in [0, 0.1) is 0 Å². The van der Waals surface area contributed by atoms with Gasteiger partial charge >= 0.3 is 6.03 Å². The van der Waals surface area contributed by atoms with Crippen LogP contribution in [0.25, 0.3) is 0 Å². The van der Waals surface area contributed by atoms with Crippen LogP contribution in [0.2, 0.25) is 0 Å². The largest absolute Gasteiger partial charge is 0.497 e. The van der Waals surface area contributed by atoms with Gasteiger partial charge in [-0.05, 0) is 53.1 Å². The van der Waals surface area contributed by atoms with Gasteiger partial charge in [-0.1, -0.05) is 0 Å². The van der Waals surface area contributed by atoms with Crippen LogP contribution in [0.4, 0.5) is 10.5 Å². The van der Waals surface area contributed by atoms with Crippen molar-refractivity contribution in [2.75, 3.05) is 19.0 Å². The van der Waals surface area contributed by atoms with Gasteiger partial charge in [0.25, 0.3) is 0 Å². The number of carbonyl (C=O) groups excluding carboxylic acids is 1. The molecule has 1 unspecified atom stereocenters. The van der Waals surface area contributed by atoms with Crippen LogP contribution in [0.15, 0.2) is 41.1 Å². The van der Waals surface area contributed by atoms with Crippen LogP contribution >= 0.6 is 11.3 Å². The number of urea groups is 1. The number of thiophene rings is 1. The van der Waals surface area contributed by atoms with E-state index in [2.05, 4.69) is 10.6 Å². The number of anilines is 1. The molecule has 0 saturated heterocycles. The fraction of sp³-hybridized carbons (Fsp3) is 0.267. The number of carbonyl (C=O) groups is 1. The molecule has 0 bridgehead atoms. The van der Waals surface area contributed by atoms with E-state index in [0.29, 0.717) is 18.7 Å². The van der Waals surface area contributed by atoms with Crippen LogP contribution in [0.5, 0.6) is 5.75 Å². The second kappa shape index (κ2) is 7.66. The first-order valence-electron chi connectivity index (χ1n) is 6.58. The topological polar surface area (TPSA) is 70.6 Å². The lowest BCUT2D eigenvalue weighted by molar-refractivity contribution is 0.168. The molecule has 6 heteroatoms. The zero-order chi connectivity index (χ0) is 15.1. The van der Waals surface area contributed by atoms with Gasteiger partial charge < -0.3 is 20.5 Å². The summed E-state index contributed by atoms with van der Waals surface area (Å²) in [6.07, 6.45) is -0.0650. The van der Waals surface area contributed by atoms with Crippen molar-refractivity contribution >= 4 is 23.1 Å². The van der Waals surface area contributed by atoms with E-state index in [1.807, 2.05) is 16.8 Å². The molecule has 0 radical (unpaired) electrons. The molecule has 2 rings (SSSR count). The fourth-order valence-corrected chi connectivity index (χ4v) is 2.51. The zero-order valence-electron chi connectivity index (χ0n) is 11.7. The van der Waals surface area contributed by atoms with Gasteiger partial charge in [-0.2, -0.15) is 11.3 Å². The van der Waals surface area contributed by atoms with Gasteiger partial charge in [0.15, 0.2) is 0 Å². The molecular weight excluding hydrogens is 288 g/mol. The van der Waals surface area contributed by atoms with Crippen molar-refractivity contribution in [3.05, 3.63) is 46.7 Å². The van der Waals surface area contributed by atoms with Gasteiger partial charge in [-0.15, -0.1) is 0 Å². The highest BCUT2D eigenvalue weighted by molar-refractivity contribution is 7.07.